The number of aryl methyl sites for hydroxylation is 2. The van der Waals surface area contributed by atoms with E-state index in [2.05, 4.69) is 78.0 Å². The van der Waals surface area contributed by atoms with Crippen molar-refractivity contribution in [2.75, 3.05) is 0 Å². The number of aromatic nitrogens is 2. The molecule has 0 fully saturated rings. The fourth-order valence-corrected chi connectivity index (χ4v) is 3.25. The van der Waals surface area contributed by atoms with Gasteiger partial charge in [-0.25, -0.2) is 4.98 Å². The zero-order valence-corrected chi connectivity index (χ0v) is 14.0. The highest BCUT2D eigenvalue weighted by Gasteiger charge is 2.12. The van der Waals surface area contributed by atoms with Crippen LogP contribution < -0.4 is 0 Å². The summed E-state index contributed by atoms with van der Waals surface area (Å²) in [5.41, 5.74) is 5.70. The Morgan fingerprint density at radius 2 is 1.67 bits per heavy atom. The predicted octanol–water partition coefficient (Wildman–Crippen LogP) is 4.35. The van der Waals surface area contributed by atoms with Crippen LogP contribution in [0.2, 0.25) is 0 Å². The van der Waals surface area contributed by atoms with Crippen LogP contribution in [0.1, 0.15) is 22.5 Å². The van der Waals surface area contributed by atoms with Crippen LogP contribution in [0, 0.1) is 13.8 Å². The third-order valence-electron chi connectivity index (χ3n) is 4.74. The maximum atomic E-state index is 9.72. The lowest BCUT2D eigenvalue weighted by Gasteiger charge is -2.10. The van der Waals surface area contributed by atoms with Gasteiger partial charge < -0.3 is 9.67 Å². The van der Waals surface area contributed by atoms with E-state index in [0.717, 1.165) is 11.0 Å². The predicted molar refractivity (Wildman–Crippen MR) is 98.2 cm³/mol. The number of hydrogen-bond donors (Lipinski definition) is 1. The van der Waals surface area contributed by atoms with Crippen LogP contribution in [0.5, 0.6) is 0 Å². The third kappa shape index (κ3) is 2.47. The average molecular weight is 316 g/mol. The van der Waals surface area contributed by atoms with E-state index in [4.69, 9.17) is 0 Å². The molecule has 4 rings (SSSR count). The zero-order valence-electron chi connectivity index (χ0n) is 14.0. The summed E-state index contributed by atoms with van der Waals surface area (Å²) in [7, 11) is 0. The first kappa shape index (κ1) is 14.9. The molecule has 120 valence electrons. The lowest BCUT2D eigenvalue weighted by atomic mass is 10.1. The van der Waals surface area contributed by atoms with E-state index in [1.54, 1.807) is 0 Å². The van der Waals surface area contributed by atoms with Gasteiger partial charge in [-0.15, -0.1) is 0 Å². The van der Waals surface area contributed by atoms with Crippen molar-refractivity contribution < 1.29 is 5.11 Å². The molecule has 24 heavy (non-hydrogen) atoms. The quantitative estimate of drug-likeness (QED) is 0.610. The molecule has 0 saturated carbocycles. The van der Waals surface area contributed by atoms with Crippen molar-refractivity contribution >= 4 is 21.8 Å². The monoisotopic (exact) mass is 316 g/mol. The van der Waals surface area contributed by atoms with Crippen molar-refractivity contribution in [2.24, 2.45) is 0 Å². The van der Waals surface area contributed by atoms with Gasteiger partial charge in [0.15, 0.2) is 0 Å². The van der Waals surface area contributed by atoms with Crippen molar-refractivity contribution in [3.63, 3.8) is 0 Å². The Labute approximate surface area is 141 Å². The van der Waals surface area contributed by atoms with Gasteiger partial charge in [0.1, 0.15) is 12.4 Å². The Hall–Kier alpha value is -2.65. The lowest BCUT2D eigenvalue weighted by molar-refractivity contribution is 0.267. The second kappa shape index (κ2) is 5.77. The Morgan fingerprint density at radius 3 is 2.46 bits per heavy atom. The maximum absolute atomic E-state index is 9.72. The molecule has 0 atom stereocenters. The molecule has 0 unspecified atom stereocenters. The molecule has 0 aliphatic carbocycles. The van der Waals surface area contributed by atoms with Crippen LogP contribution in [0.15, 0.2) is 54.6 Å². The van der Waals surface area contributed by atoms with Gasteiger partial charge in [0.25, 0.3) is 0 Å². The standard InChI is InChI=1S/C21H20N2O/c1-14-9-19-20(10-15(14)2)23(21(13-24)22-19)12-16-7-8-17-5-3-4-6-18(17)11-16/h3-11,24H,12-13H2,1-2H3. The molecule has 0 radical (unpaired) electrons. The molecule has 0 saturated heterocycles. The van der Waals surface area contributed by atoms with E-state index in [0.29, 0.717) is 12.4 Å². The number of aliphatic hydroxyl groups is 1. The summed E-state index contributed by atoms with van der Waals surface area (Å²) >= 11 is 0. The van der Waals surface area contributed by atoms with Gasteiger partial charge in [-0.3, -0.25) is 0 Å². The molecule has 4 aromatic rings. The molecule has 3 nitrogen and oxygen atoms in total. The number of imidazole rings is 1. The van der Waals surface area contributed by atoms with Gasteiger partial charge in [0.05, 0.1) is 11.0 Å². The Bertz CT molecular complexity index is 1050. The molecule has 1 aromatic heterocycles. The van der Waals surface area contributed by atoms with E-state index in [1.165, 1.54) is 27.5 Å². The largest absolute Gasteiger partial charge is 0.388 e. The minimum Gasteiger partial charge on any atom is -0.388 e. The van der Waals surface area contributed by atoms with Gasteiger partial charge in [-0.2, -0.15) is 0 Å². The lowest BCUT2D eigenvalue weighted by Crippen LogP contribution is -2.05. The zero-order chi connectivity index (χ0) is 16.7. The molecule has 0 aliphatic heterocycles. The molecule has 0 bridgehead atoms. The van der Waals surface area contributed by atoms with Crippen molar-refractivity contribution in [2.45, 2.75) is 27.0 Å². The smallest absolute Gasteiger partial charge is 0.136 e. The summed E-state index contributed by atoms with van der Waals surface area (Å²) in [6, 6.07) is 19.1. The van der Waals surface area contributed by atoms with Crippen LogP contribution >= 0.6 is 0 Å². The molecule has 0 aliphatic rings. The van der Waals surface area contributed by atoms with Crippen LogP contribution in [0.4, 0.5) is 0 Å². The number of fused-ring (bicyclic) bond motifs is 2. The first-order valence-corrected chi connectivity index (χ1v) is 8.20. The highest BCUT2D eigenvalue weighted by atomic mass is 16.3. The second-order valence-electron chi connectivity index (χ2n) is 6.38. The SMILES string of the molecule is Cc1cc2nc(CO)n(Cc3ccc4ccccc4c3)c2cc1C. The molecular weight excluding hydrogens is 296 g/mol. The van der Waals surface area contributed by atoms with Crippen molar-refractivity contribution in [3.8, 4) is 0 Å². The topological polar surface area (TPSA) is 38.1 Å². The molecule has 3 aromatic carbocycles. The first-order chi connectivity index (χ1) is 11.7. The normalized spacial score (nSPS) is 11.5. The summed E-state index contributed by atoms with van der Waals surface area (Å²) in [5, 5.41) is 12.2. The fraction of sp³-hybridized carbons (Fsp3) is 0.190. The molecule has 0 amide bonds. The highest BCUT2D eigenvalue weighted by molar-refractivity contribution is 5.83. The molecule has 3 heteroatoms. The van der Waals surface area contributed by atoms with Gasteiger partial charge in [-0.1, -0.05) is 36.4 Å². The van der Waals surface area contributed by atoms with E-state index in [9.17, 15) is 5.11 Å². The van der Waals surface area contributed by atoms with Crippen molar-refractivity contribution in [1.29, 1.82) is 0 Å². The Kier molecular flexibility index (Phi) is 3.58. The van der Waals surface area contributed by atoms with Crippen molar-refractivity contribution in [3.05, 3.63) is 77.1 Å². The van der Waals surface area contributed by atoms with Gasteiger partial charge in [0.2, 0.25) is 0 Å². The minimum absolute atomic E-state index is 0.0552. The Morgan fingerprint density at radius 1 is 0.917 bits per heavy atom. The summed E-state index contributed by atoms with van der Waals surface area (Å²) in [6.45, 7) is 4.86. The number of rotatable bonds is 3. The number of nitrogens with zero attached hydrogens (tertiary/aromatic N) is 2. The van der Waals surface area contributed by atoms with Gasteiger partial charge in [0, 0.05) is 6.54 Å². The van der Waals surface area contributed by atoms with E-state index < -0.39 is 0 Å². The molecule has 1 heterocycles. The first-order valence-electron chi connectivity index (χ1n) is 8.20. The van der Waals surface area contributed by atoms with Crippen LogP contribution in [-0.4, -0.2) is 14.7 Å². The summed E-state index contributed by atoms with van der Waals surface area (Å²) in [4.78, 5) is 4.60. The summed E-state index contributed by atoms with van der Waals surface area (Å²) in [5.74, 6) is 0.711. The van der Waals surface area contributed by atoms with Crippen molar-refractivity contribution in [1.82, 2.24) is 9.55 Å². The Balaban J connectivity index is 1.83. The average Bonchev–Trinajstić information content (AvgIpc) is 2.92. The minimum atomic E-state index is -0.0552. The number of benzene rings is 3. The summed E-state index contributed by atoms with van der Waals surface area (Å²) < 4.78 is 2.12. The number of aliphatic hydroxyl groups excluding tert-OH is 1. The van der Waals surface area contributed by atoms with E-state index in [-0.39, 0.29) is 6.61 Å². The van der Waals surface area contributed by atoms with E-state index >= 15 is 0 Å². The molecular formula is C21H20N2O. The van der Waals surface area contributed by atoms with Gasteiger partial charge in [-0.05, 0) is 59.5 Å². The van der Waals surface area contributed by atoms with E-state index in [1.807, 2.05) is 0 Å². The van der Waals surface area contributed by atoms with Crippen LogP contribution in [0.25, 0.3) is 21.8 Å². The number of hydrogen-bond acceptors (Lipinski definition) is 2. The van der Waals surface area contributed by atoms with Crippen LogP contribution in [-0.2, 0) is 13.2 Å². The molecule has 0 spiro atoms. The molecule has 1 N–H and O–H groups in total. The van der Waals surface area contributed by atoms with Gasteiger partial charge >= 0.3 is 0 Å². The second-order valence-corrected chi connectivity index (χ2v) is 6.38. The maximum Gasteiger partial charge on any atom is 0.136 e. The third-order valence-corrected chi connectivity index (χ3v) is 4.74. The summed E-state index contributed by atoms with van der Waals surface area (Å²) in [6.07, 6.45) is 0. The highest BCUT2D eigenvalue weighted by Crippen LogP contribution is 2.23. The fourth-order valence-electron chi connectivity index (χ4n) is 3.25. The van der Waals surface area contributed by atoms with Crippen LogP contribution in [0.3, 0.4) is 0 Å².